The molecule has 20 heavy (non-hydrogen) atoms. The van der Waals surface area contributed by atoms with Gasteiger partial charge in [0.15, 0.2) is 0 Å². The van der Waals surface area contributed by atoms with Gasteiger partial charge in [-0.25, -0.2) is 4.39 Å². The molecule has 0 bridgehead atoms. The van der Waals surface area contributed by atoms with E-state index in [1.165, 1.54) is 24.5 Å². The van der Waals surface area contributed by atoms with Gasteiger partial charge in [0, 0.05) is 11.6 Å². The summed E-state index contributed by atoms with van der Waals surface area (Å²) in [5, 5.41) is 3.48. The van der Waals surface area contributed by atoms with Gasteiger partial charge in [-0.2, -0.15) is 0 Å². The SMILES string of the molecule is Cc1ccc(F)c(-c2ccc(C3CCCN3)cc2)c1.Cl. The summed E-state index contributed by atoms with van der Waals surface area (Å²) in [6.45, 7) is 3.08. The predicted molar refractivity (Wildman–Crippen MR) is 83.8 cm³/mol. The lowest BCUT2D eigenvalue weighted by atomic mass is 9.99. The molecule has 0 spiro atoms. The minimum absolute atomic E-state index is 0. The molecule has 0 amide bonds. The maximum atomic E-state index is 13.8. The maximum absolute atomic E-state index is 13.8. The van der Waals surface area contributed by atoms with Crippen LogP contribution in [0.25, 0.3) is 11.1 Å². The van der Waals surface area contributed by atoms with Gasteiger partial charge in [-0.3, -0.25) is 0 Å². The first kappa shape index (κ1) is 15.0. The van der Waals surface area contributed by atoms with Crippen LogP contribution in [0.3, 0.4) is 0 Å². The van der Waals surface area contributed by atoms with Gasteiger partial charge in [0.25, 0.3) is 0 Å². The van der Waals surface area contributed by atoms with Crippen molar-refractivity contribution in [2.24, 2.45) is 0 Å². The first-order chi connectivity index (χ1) is 9.24. The highest BCUT2D eigenvalue weighted by molar-refractivity contribution is 5.85. The van der Waals surface area contributed by atoms with Gasteiger partial charge in [0.1, 0.15) is 5.82 Å². The lowest BCUT2D eigenvalue weighted by Gasteiger charge is -2.12. The summed E-state index contributed by atoms with van der Waals surface area (Å²) in [4.78, 5) is 0. The Morgan fingerprint density at radius 2 is 1.85 bits per heavy atom. The standard InChI is InChI=1S/C17H18FN.ClH/c1-12-4-9-16(18)15(11-12)13-5-7-14(8-6-13)17-3-2-10-19-17;/h4-9,11,17,19H,2-3,10H2,1H3;1H. The number of halogens is 2. The highest BCUT2D eigenvalue weighted by Gasteiger charge is 2.16. The molecule has 1 N–H and O–H groups in total. The van der Waals surface area contributed by atoms with Crippen LogP contribution in [-0.4, -0.2) is 6.54 Å². The van der Waals surface area contributed by atoms with E-state index in [0.717, 1.165) is 17.7 Å². The summed E-state index contributed by atoms with van der Waals surface area (Å²) >= 11 is 0. The summed E-state index contributed by atoms with van der Waals surface area (Å²) in [6, 6.07) is 14.0. The highest BCUT2D eigenvalue weighted by Crippen LogP contribution is 2.28. The van der Waals surface area contributed by atoms with Gasteiger partial charge in [-0.1, -0.05) is 35.9 Å². The third-order valence-electron chi connectivity index (χ3n) is 3.81. The minimum Gasteiger partial charge on any atom is -0.310 e. The molecule has 2 aromatic rings. The fourth-order valence-electron chi connectivity index (χ4n) is 2.72. The van der Waals surface area contributed by atoms with E-state index in [9.17, 15) is 4.39 Å². The van der Waals surface area contributed by atoms with Crippen LogP contribution in [0, 0.1) is 12.7 Å². The van der Waals surface area contributed by atoms with Crippen LogP contribution in [0.15, 0.2) is 42.5 Å². The number of aryl methyl sites for hydroxylation is 1. The van der Waals surface area contributed by atoms with Crippen molar-refractivity contribution in [2.75, 3.05) is 6.54 Å². The zero-order chi connectivity index (χ0) is 13.2. The Labute approximate surface area is 125 Å². The second kappa shape index (κ2) is 6.38. The molecule has 2 aromatic carbocycles. The van der Waals surface area contributed by atoms with Crippen LogP contribution in [0.4, 0.5) is 4.39 Å². The third-order valence-corrected chi connectivity index (χ3v) is 3.81. The zero-order valence-electron chi connectivity index (χ0n) is 11.5. The summed E-state index contributed by atoms with van der Waals surface area (Å²) in [5.74, 6) is -0.155. The Kier molecular flexibility index (Phi) is 4.79. The second-order valence-electron chi connectivity index (χ2n) is 5.25. The van der Waals surface area contributed by atoms with Crippen LogP contribution >= 0.6 is 12.4 Å². The molecule has 1 heterocycles. The Morgan fingerprint density at radius 3 is 2.50 bits per heavy atom. The van der Waals surface area contributed by atoms with E-state index in [1.54, 1.807) is 6.07 Å². The van der Waals surface area contributed by atoms with Gasteiger partial charge >= 0.3 is 0 Å². The molecule has 1 saturated heterocycles. The fraction of sp³-hybridized carbons (Fsp3) is 0.294. The Morgan fingerprint density at radius 1 is 1.10 bits per heavy atom. The van der Waals surface area contributed by atoms with E-state index in [0.29, 0.717) is 11.6 Å². The first-order valence-electron chi connectivity index (χ1n) is 6.84. The van der Waals surface area contributed by atoms with Crippen molar-refractivity contribution in [3.05, 3.63) is 59.4 Å². The fourth-order valence-corrected chi connectivity index (χ4v) is 2.72. The number of hydrogen-bond acceptors (Lipinski definition) is 1. The molecule has 0 aliphatic carbocycles. The smallest absolute Gasteiger partial charge is 0.131 e. The topological polar surface area (TPSA) is 12.0 Å². The van der Waals surface area contributed by atoms with Crippen molar-refractivity contribution in [1.29, 1.82) is 0 Å². The average Bonchev–Trinajstić information content (AvgIpc) is 2.96. The van der Waals surface area contributed by atoms with Gasteiger partial charge in [0.2, 0.25) is 0 Å². The van der Waals surface area contributed by atoms with E-state index in [1.807, 2.05) is 25.1 Å². The van der Waals surface area contributed by atoms with Gasteiger partial charge < -0.3 is 5.32 Å². The van der Waals surface area contributed by atoms with Crippen LogP contribution in [0.5, 0.6) is 0 Å². The Balaban J connectivity index is 0.00000147. The van der Waals surface area contributed by atoms with E-state index >= 15 is 0 Å². The van der Waals surface area contributed by atoms with Crippen LogP contribution in [-0.2, 0) is 0 Å². The average molecular weight is 292 g/mol. The number of benzene rings is 2. The Hall–Kier alpha value is -1.38. The summed E-state index contributed by atoms with van der Waals surface area (Å²) in [6.07, 6.45) is 2.43. The minimum atomic E-state index is -0.155. The third kappa shape index (κ3) is 3.02. The summed E-state index contributed by atoms with van der Waals surface area (Å²) in [7, 11) is 0. The molecule has 1 fully saturated rings. The normalized spacial score (nSPS) is 17.8. The van der Waals surface area contributed by atoms with Crippen LogP contribution in [0.1, 0.15) is 30.0 Å². The highest BCUT2D eigenvalue weighted by atomic mass is 35.5. The lowest BCUT2D eigenvalue weighted by Crippen LogP contribution is -2.12. The van der Waals surface area contributed by atoms with E-state index in [-0.39, 0.29) is 18.2 Å². The van der Waals surface area contributed by atoms with Crippen molar-refractivity contribution in [3.8, 4) is 11.1 Å². The molecule has 106 valence electrons. The molecule has 0 aromatic heterocycles. The largest absolute Gasteiger partial charge is 0.310 e. The van der Waals surface area contributed by atoms with E-state index < -0.39 is 0 Å². The molecule has 1 aliphatic rings. The number of hydrogen-bond donors (Lipinski definition) is 1. The van der Waals surface area contributed by atoms with Crippen molar-refractivity contribution in [1.82, 2.24) is 5.32 Å². The maximum Gasteiger partial charge on any atom is 0.131 e. The Bertz CT molecular complexity index is 574. The molecule has 0 radical (unpaired) electrons. The van der Waals surface area contributed by atoms with Gasteiger partial charge in [-0.15, -0.1) is 12.4 Å². The van der Waals surface area contributed by atoms with Gasteiger partial charge in [-0.05, 0) is 49.6 Å². The van der Waals surface area contributed by atoms with Crippen molar-refractivity contribution < 1.29 is 4.39 Å². The number of nitrogens with one attached hydrogen (secondary N) is 1. The zero-order valence-corrected chi connectivity index (χ0v) is 12.3. The second-order valence-corrected chi connectivity index (χ2v) is 5.25. The monoisotopic (exact) mass is 291 g/mol. The molecule has 1 atom stereocenters. The molecule has 1 unspecified atom stereocenters. The quantitative estimate of drug-likeness (QED) is 0.849. The molecule has 1 aliphatic heterocycles. The lowest BCUT2D eigenvalue weighted by molar-refractivity contribution is 0.630. The molecule has 0 saturated carbocycles. The van der Waals surface area contributed by atoms with Crippen molar-refractivity contribution >= 4 is 12.4 Å². The van der Waals surface area contributed by atoms with Gasteiger partial charge in [0.05, 0.1) is 0 Å². The first-order valence-corrected chi connectivity index (χ1v) is 6.84. The molecule has 3 rings (SSSR count). The molecular formula is C17H19ClFN. The van der Waals surface area contributed by atoms with E-state index in [4.69, 9.17) is 0 Å². The molecule has 1 nitrogen and oxygen atoms in total. The summed E-state index contributed by atoms with van der Waals surface area (Å²) < 4.78 is 13.8. The predicted octanol–water partition coefficient (Wildman–Crippen LogP) is 4.65. The van der Waals surface area contributed by atoms with Crippen LogP contribution < -0.4 is 5.32 Å². The molecular weight excluding hydrogens is 273 g/mol. The van der Waals surface area contributed by atoms with Crippen molar-refractivity contribution in [2.45, 2.75) is 25.8 Å². The number of rotatable bonds is 2. The van der Waals surface area contributed by atoms with E-state index in [2.05, 4.69) is 17.4 Å². The molecule has 3 heteroatoms. The van der Waals surface area contributed by atoms with Crippen molar-refractivity contribution in [3.63, 3.8) is 0 Å². The van der Waals surface area contributed by atoms with Crippen LogP contribution in [0.2, 0.25) is 0 Å². The summed E-state index contributed by atoms with van der Waals surface area (Å²) in [5.41, 5.74) is 4.01.